The van der Waals surface area contributed by atoms with Crippen LogP contribution in [0.2, 0.25) is 0 Å². The van der Waals surface area contributed by atoms with Gasteiger partial charge in [-0.3, -0.25) is 0 Å². The van der Waals surface area contributed by atoms with Crippen molar-refractivity contribution in [2.24, 2.45) is 11.3 Å². The summed E-state index contributed by atoms with van der Waals surface area (Å²) < 4.78 is 0. The molecule has 1 N–H and O–H groups in total. The summed E-state index contributed by atoms with van der Waals surface area (Å²) in [5.74, 6) is 0.550. The Kier molecular flexibility index (Phi) is 4.22. The third kappa shape index (κ3) is 4.55. The monoisotopic (exact) mass is 212 g/mol. The van der Waals surface area contributed by atoms with Gasteiger partial charge in [-0.15, -0.1) is 0 Å². The fourth-order valence-corrected chi connectivity index (χ4v) is 2.56. The van der Waals surface area contributed by atoms with E-state index in [0.29, 0.717) is 11.3 Å². The average Bonchev–Trinajstić information content (AvgIpc) is 2.16. The van der Waals surface area contributed by atoms with Crippen molar-refractivity contribution in [3.63, 3.8) is 0 Å². The molecule has 1 nitrogen and oxygen atoms in total. The highest BCUT2D eigenvalue weighted by Crippen LogP contribution is 2.37. The number of hydrogen-bond acceptors (Lipinski definition) is 1. The lowest BCUT2D eigenvalue weighted by Gasteiger charge is -2.37. The highest BCUT2D eigenvalue weighted by molar-refractivity contribution is 4.85. The molecule has 0 aliphatic heterocycles. The van der Waals surface area contributed by atoms with Crippen molar-refractivity contribution < 1.29 is 5.11 Å². The number of aliphatic hydroxyl groups is 1. The fraction of sp³-hybridized carbons (Fsp3) is 1.00. The summed E-state index contributed by atoms with van der Waals surface area (Å²) >= 11 is 0. The molecule has 0 heterocycles. The molecule has 1 aliphatic carbocycles. The second-order valence-electron chi connectivity index (χ2n) is 6.75. The van der Waals surface area contributed by atoms with E-state index in [4.69, 9.17) is 0 Å². The van der Waals surface area contributed by atoms with Crippen molar-refractivity contribution in [2.45, 2.75) is 78.2 Å². The Morgan fingerprint density at radius 1 is 0.933 bits per heavy atom. The van der Waals surface area contributed by atoms with E-state index in [0.717, 1.165) is 12.8 Å². The average molecular weight is 212 g/mol. The van der Waals surface area contributed by atoms with Gasteiger partial charge >= 0.3 is 0 Å². The Hall–Kier alpha value is -0.0400. The van der Waals surface area contributed by atoms with Gasteiger partial charge in [0, 0.05) is 0 Å². The summed E-state index contributed by atoms with van der Waals surface area (Å²) in [5, 5.41) is 10.5. The number of hydrogen-bond donors (Lipinski definition) is 1. The molecule has 0 spiro atoms. The molecule has 1 fully saturated rings. The van der Waals surface area contributed by atoms with Crippen LogP contribution in [0.3, 0.4) is 0 Å². The summed E-state index contributed by atoms with van der Waals surface area (Å²) in [6.45, 7) is 8.81. The molecule has 1 saturated carbocycles. The van der Waals surface area contributed by atoms with Crippen LogP contribution in [0.25, 0.3) is 0 Å². The molecule has 0 amide bonds. The first-order valence-corrected chi connectivity index (χ1v) is 6.54. The van der Waals surface area contributed by atoms with Gasteiger partial charge in [0.15, 0.2) is 0 Å². The third-order valence-electron chi connectivity index (χ3n) is 3.87. The van der Waals surface area contributed by atoms with E-state index in [9.17, 15) is 5.11 Å². The standard InChI is InChI=1S/C14H28O/c1-13(2,3)10-11-14(4,15)12-8-6-5-7-9-12/h12,15H,5-11H2,1-4H3. The molecular formula is C14H28O. The smallest absolute Gasteiger partial charge is 0.0648 e. The van der Waals surface area contributed by atoms with E-state index in [1.807, 2.05) is 0 Å². The molecule has 15 heavy (non-hydrogen) atoms. The summed E-state index contributed by atoms with van der Waals surface area (Å²) in [5.41, 5.74) is -0.0770. The first-order chi connectivity index (χ1) is 6.81. The maximum absolute atomic E-state index is 10.5. The van der Waals surface area contributed by atoms with E-state index in [1.54, 1.807) is 0 Å². The van der Waals surface area contributed by atoms with Crippen molar-refractivity contribution in [3.05, 3.63) is 0 Å². The lowest BCUT2D eigenvalue weighted by atomic mass is 9.73. The van der Waals surface area contributed by atoms with Gasteiger partial charge in [0.2, 0.25) is 0 Å². The minimum Gasteiger partial charge on any atom is -0.390 e. The van der Waals surface area contributed by atoms with Crippen LogP contribution in [0.5, 0.6) is 0 Å². The Morgan fingerprint density at radius 3 is 1.93 bits per heavy atom. The first kappa shape index (κ1) is 13.0. The Labute approximate surface area is 95.3 Å². The molecule has 0 aromatic rings. The zero-order valence-electron chi connectivity index (χ0n) is 11.0. The van der Waals surface area contributed by atoms with Gasteiger partial charge in [-0.05, 0) is 43.9 Å². The number of rotatable bonds is 3. The normalized spacial score (nSPS) is 23.8. The molecular weight excluding hydrogens is 184 g/mol. The van der Waals surface area contributed by atoms with Gasteiger partial charge in [-0.25, -0.2) is 0 Å². The molecule has 1 heteroatoms. The van der Waals surface area contributed by atoms with Gasteiger partial charge in [0.25, 0.3) is 0 Å². The second-order valence-corrected chi connectivity index (χ2v) is 6.75. The van der Waals surface area contributed by atoms with Crippen LogP contribution < -0.4 is 0 Å². The maximum Gasteiger partial charge on any atom is 0.0648 e. The molecule has 0 bridgehead atoms. The van der Waals surface area contributed by atoms with Crippen LogP contribution in [0.1, 0.15) is 72.6 Å². The maximum atomic E-state index is 10.5. The SMILES string of the molecule is CC(C)(C)CCC(C)(O)C1CCCCC1. The van der Waals surface area contributed by atoms with Crippen LogP contribution >= 0.6 is 0 Å². The van der Waals surface area contributed by atoms with Crippen molar-refractivity contribution in [1.82, 2.24) is 0 Å². The third-order valence-corrected chi connectivity index (χ3v) is 3.87. The highest BCUT2D eigenvalue weighted by Gasteiger charge is 2.33. The molecule has 0 saturated heterocycles. The van der Waals surface area contributed by atoms with Crippen molar-refractivity contribution in [2.75, 3.05) is 0 Å². The van der Waals surface area contributed by atoms with Crippen LogP contribution in [0.4, 0.5) is 0 Å². The van der Waals surface area contributed by atoms with E-state index in [-0.39, 0.29) is 0 Å². The van der Waals surface area contributed by atoms with E-state index in [1.165, 1.54) is 32.1 Å². The minimum absolute atomic E-state index is 0.346. The zero-order chi connectivity index (χ0) is 11.5. The predicted octanol–water partition coefficient (Wildman–Crippen LogP) is 4.14. The van der Waals surface area contributed by atoms with Crippen LogP contribution in [-0.4, -0.2) is 10.7 Å². The first-order valence-electron chi connectivity index (χ1n) is 6.54. The molecule has 1 atom stereocenters. The Bertz CT molecular complexity index is 182. The van der Waals surface area contributed by atoms with Crippen molar-refractivity contribution >= 4 is 0 Å². The quantitative estimate of drug-likeness (QED) is 0.745. The summed E-state index contributed by atoms with van der Waals surface area (Å²) in [7, 11) is 0. The molecule has 1 rings (SSSR count). The molecule has 0 aromatic heterocycles. The zero-order valence-corrected chi connectivity index (χ0v) is 11.0. The second kappa shape index (κ2) is 4.86. The van der Waals surface area contributed by atoms with Gasteiger partial charge < -0.3 is 5.11 Å². The fourth-order valence-electron chi connectivity index (χ4n) is 2.56. The summed E-state index contributed by atoms with van der Waals surface area (Å²) in [6, 6.07) is 0. The van der Waals surface area contributed by atoms with Crippen LogP contribution in [0, 0.1) is 11.3 Å². The van der Waals surface area contributed by atoms with Crippen LogP contribution in [0.15, 0.2) is 0 Å². The minimum atomic E-state index is -0.423. The molecule has 1 aliphatic rings. The van der Waals surface area contributed by atoms with E-state index >= 15 is 0 Å². The van der Waals surface area contributed by atoms with Crippen molar-refractivity contribution in [3.8, 4) is 0 Å². The lowest BCUT2D eigenvalue weighted by Crippen LogP contribution is -2.36. The Balaban J connectivity index is 2.42. The van der Waals surface area contributed by atoms with Gasteiger partial charge in [-0.1, -0.05) is 40.0 Å². The molecule has 0 aromatic carbocycles. The largest absolute Gasteiger partial charge is 0.390 e. The van der Waals surface area contributed by atoms with Crippen LogP contribution in [-0.2, 0) is 0 Å². The topological polar surface area (TPSA) is 20.2 Å². The van der Waals surface area contributed by atoms with Gasteiger partial charge in [0.05, 0.1) is 5.60 Å². The van der Waals surface area contributed by atoms with E-state index < -0.39 is 5.60 Å². The van der Waals surface area contributed by atoms with Gasteiger partial charge in [-0.2, -0.15) is 0 Å². The summed E-state index contributed by atoms with van der Waals surface area (Å²) in [6.07, 6.45) is 8.55. The summed E-state index contributed by atoms with van der Waals surface area (Å²) in [4.78, 5) is 0. The highest BCUT2D eigenvalue weighted by atomic mass is 16.3. The predicted molar refractivity (Wildman–Crippen MR) is 65.9 cm³/mol. The molecule has 1 unspecified atom stereocenters. The Morgan fingerprint density at radius 2 is 1.47 bits per heavy atom. The van der Waals surface area contributed by atoms with E-state index in [2.05, 4.69) is 27.7 Å². The molecule has 90 valence electrons. The van der Waals surface area contributed by atoms with Gasteiger partial charge in [0.1, 0.15) is 0 Å². The lowest BCUT2D eigenvalue weighted by molar-refractivity contribution is -0.0309. The van der Waals surface area contributed by atoms with Crippen molar-refractivity contribution in [1.29, 1.82) is 0 Å². The molecule has 0 radical (unpaired) electrons.